The first-order chi connectivity index (χ1) is 13.1. The molecular formula is C20H25NO6. The van der Waals surface area contributed by atoms with Gasteiger partial charge in [0.25, 0.3) is 5.91 Å². The number of hydrogen-bond acceptors (Lipinski definition) is 6. The third-order valence-corrected chi connectivity index (χ3v) is 4.17. The van der Waals surface area contributed by atoms with Crippen LogP contribution in [-0.4, -0.2) is 48.0 Å². The maximum absolute atomic E-state index is 12.7. The normalized spacial score (nSPS) is 11.4. The second-order valence-electron chi connectivity index (χ2n) is 5.56. The Morgan fingerprint density at radius 1 is 0.852 bits per heavy atom. The van der Waals surface area contributed by atoms with Crippen molar-refractivity contribution in [1.82, 2.24) is 5.32 Å². The fourth-order valence-electron chi connectivity index (χ4n) is 2.81. The number of carbonyl (C=O) groups excluding carboxylic acids is 1. The van der Waals surface area contributed by atoms with E-state index in [4.69, 9.17) is 23.7 Å². The largest absolute Gasteiger partial charge is 0.496 e. The molecule has 1 amide bonds. The lowest BCUT2D eigenvalue weighted by molar-refractivity contribution is 0.0816. The van der Waals surface area contributed by atoms with Crippen molar-refractivity contribution in [2.45, 2.75) is 6.10 Å². The van der Waals surface area contributed by atoms with Crippen molar-refractivity contribution in [2.24, 2.45) is 0 Å². The fraction of sp³-hybridized carbons (Fsp3) is 0.350. The molecule has 1 N–H and O–H groups in total. The van der Waals surface area contributed by atoms with Crippen LogP contribution >= 0.6 is 0 Å². The second kappa shape index (κ2) is 9.68. The highest BCUT2D eigenvalue weighted by Crippen LogP contribution is 2.39. The topological polar surface area (TPSA) is 75.3 Å². The summed E-state index contributed by atoms with van der Waals surface area (Å²) in [7, 11) is 7.66. The van der Waals surface area contributed by atoms with Gasteiger partial charge in [-0.2, -0.15) is 0 Å². The van der Waals surface area contributed by atoms with Crippen molar-refractivity contribution in [2.75, 3.05) is 42.1 Å². The Kier molecular flexibility index (Phi) is 7.31. The molecule has 0 saturated heterocycles. The molecule has 7 nitrogen and oxygen atoms in total. The summed E-state index contributed by atoms with van der Waals surface area (Å²) in [6.07, 6.45) is -0.365. The standard InChI is InChI=1S/C20H25NO6/c1-23-15-9-7-6-8-13(15)17(25-3)12-21-20(22)14-10-11-16(24-2)19(27-5)18(14)26-4/h6-11,17H,12H2,1-5H3,(H,21,22). The van der Waals surface area contributed by atoms with Crippen LogP contribution in [0.25, 0.3) is 0 Å². The average Bonchev–Trinajstić information content (AvgIpc) is 2.72. The van der Waals surface area contributed by atoms with Crippen LogP contribution in [0.15, 0.2) is 36.4 Å². The predicted molar refractivity (Wildman–Crippen MR) is 101 cm³/mol. The van der Waals surface area contributed by atoms with Crippen molar-refractivity contribution in [3.63, 3.8) is 0 Å². The van der Waals surface area contributed by atoms with Crippen LogP contribution in [0.3, 0.4) is 0 Å². The second-order valence-corrected chi connectivity index (χ2v) is 5.56. The average molecular weight is 375 g/mol. The SMILES string of the molecule is COc1ccccc1C(CNC(=O)c1ccc(OC)c(OC)c1OC)OC. The van der Waals surface area contributed by atoms with E-state index in [-0.39, 0.29) is 18.6 Å². The van der Waals surface area contributed by atoms with Crippen molar-refractivity contribution in [3.05, 3.63) is 47.5 Å². The quantitative estimate of drug-likeness (QED) is 0.726. The summed E-state index contributed by atoms with van der Waals surface area (Å²) in [4.78, 5) is 12.7. The van der Waals surface area contributed by atoms with Gasteiger partial charge < -0.3 is 29.0 Å². The summed E-state index contributed by atoms with van der Waals surface area (Å²) in [5.41, 5.74) is 1.19. The first kappa shape index (κ1) is 20.4. The summed E-state index contributed by atoms with van der Waals surface area (Å²) >= 11 is 0. The van der Waals surface area contributed by atoms with Crippen LogP contribution in [-0.2, 0) is 4.74 Å². The molecule has 146 valence electrons. The molecule has 0 fully saturated rings. The first-order valence-electron chi connectivity index (χ1n) is 8.34. The molecule has 2 rings (SSSR count). The van der Waals surface area contributed by atoms with E-state index in [0.29, 0.717) is 28.6 Å². The summed E-state index contributed by atoms with van der Waals surface area (Å²) < 4.78 is 26.8. The molecule has 0 aliphatic heterocycles. The number of amides is 1. The lowest BCUT2D eigenvalue weighted by Gasteiger charge is -2.20. The number of benzene rings is 2. The first-order valence-corrected chi connectivity index (χ1v) is 8.34. The summed E-state index contributed by atoms with van der Waals surface area (Å²) in [6, 6.07) is 10.8. The molecule has 2 aromatic rings. The van der Waals surface area contributed by atoms with Gasteiger partial charge in [0.2, 0.25) is 5.75 Å². The van der Waals surface area contributed by atoms with Crippen molar-refractivity contribution >= 4 is 5.91 Å². The van der Waals surface area contributed by atoms with Crippen LogP contribution in [0.1, 0.15) is 22.0 Å². The van der Waals surface area contributed by atoms with Crippen LogP contribution in [0.4, 0.5) is 0 Å². The molecule has 0 radical (unpaired) electrons. The molecule has 0 bridgehead atoms. The summed E-state index contributed by atoms with van der Waals surface area (Å²) in [5, 5.41) is 2.87. The third kappa shape index (κ3) is 4.43. The molecule has 0 aliphatic carbocycles. The maximum Gasteiger partial charge on any atom is 0.255 e. The number of ether oxygens (including phenoxy) is 5. The van der Waals surface area contributed by atoms with E-state index in [1.807, 2.05) is 24.3 Å². The number of carbonyl (C=O) groups is 1. The van der Waals surface area contributed by atoms with Crippen LogP contribution < -0.4 is 24.3 Å². The fourth-order valence-corrected chi connectivity index (χ4v) is 2.81. The number of rotatable bonds is 9. The third-order valence-electron chi connectivity index (χ3n) is 4.17. The van der Waals surface area contributed by atoms with E-state index in [2.05, 4.69) is 5.32 Å². The zero-order chi connectivity index (χ0) is 19.8. The number of nitrogens with one attached hydrogen (secondary N) is 1. The van der Waals surface area contributed by atoms with Gasteiger partial charge in [-0.3, -0.25) is 4.79 Å². The molecule has 0 heterocycles. The van der Waals surface area contributed by atoms with Crippen LogP contribution in [0.2, 0.25) is 0 Å². The van der Waals surface area contributed by atoms with E-state index < -0.39 is 0 Å². The van der Waals surface area contributed by atoms with Crippen LogP contribution in [0.5, 0.6) is 23.0 Å². The Balaban J connectivity index is 2.22. The molecule has 0 aliphatic rings. The molecule has 0 aromatic heterocycles. The van der Waals surface area contributed by atoms with Crippen LogP contribution in [0, 0.1) is 0 Å². The molecule has 1 atom stereocenters. The molecule has 27 heavy (non-hydrogen) atoms. The Morgan fingerprint density at radius 2 is 1.52 bits per heavy atom. The lowest BCUT2D eigenvalue weighted by atomic mass is 10.1. The molecule has 2 aromatic carbocycles. The number of methoxy groups -OCH3 is 5. The maximum atomic E-state index is 12.7. The van der Waals surface area contributed by atoms with E-state index in [1.54, 1.807) is 26.4 Å². The van der Waals surface area contributed by atoms with E-state index in [1.165, 1.54) is 21.3 Å². The van der Waals surface area contributed by atoms with Gasteiger partial charge in [-0.15, -0.1) is 0 Å². The minimum Gasteiger partial charge on any atom is -0.496 e. The van der Waals surface area contributed by atoms with Gasteiger partial charge in [0.15, 0.2) is 11.5 Å². The van der Waals surface area contributed by atoms with Gasteiger partial charge in [-0.05, 0) is 18.2 Å². The smallest absolute Gasteiger partial charge is 0.255 e. The highest BCUT2D eigenvalue weighted by atomic mass is 16.5. The lowest BCUT2D eigenvalue weighted by Crippen LogP contribution is -2.29. The Bertz CT molecular complexity index is 777. The molecule has 0 saturated carbocycles. The number of para-hydroxylation sites is 1. The minimum atomic E-state index is -0.365. The van der Waals surface area contributed by atoms with Gasteiger partial charge in [0, 0.05) is 19.2 Å². The molecule has 1 unspecified atom stereocenters. The Labute approximate surface area is 159 Å². The molecule has 0 spiro atoms. The van der Waals surface area contributed by atoms with E-state index in [0.717, 1.165) is 5.56 Å². The Morgan fingerprint density at radius 3 is 2.11 bits per heavy atom. The zero-order valence-electron chi connectivity index (χ0n) is 16.2. The monoisotopic (exact) mass is 375 g/mol. The van der Waals surface area contributed by atoms with Gasteiger partial charge in [-0.25, -0.2) is 0 Å². The van der Waals surface area contributed by atoms with Crippen molar-refractivity contribution in [1.29, 1.82) is 0 Å². The summed E-state index contributed by atoms with van der Waals surface area (Å²) in [6.45, 7) is 0.257. The highest BCUT2D eigenvalue weighted by molar-refractivity contribution is 5.98. The zero-order valence-corrected chi connectivity index (χ0v) is 16.2. The minimum absolute atomic E-state index is 0.257. The highest BCUT2D eigenvalue weighted by Gasteiger charge is 2.22. The van der Waals surface area contributed by atoms with Crippen molar-refractivity contribution in [3.8, 4) is 23.0 Å². The van der Waals surface area contributed by atoms with E-state index >= 15 is 0 Å². The van der Waals surface area contributed by atoms with Gasteiger partial charge in [0.1, 0.15) is 11.9 Å². The van der Waals surface area contributed by atoms with Gasteiger partial charge in [0.05, 0.1) is 34.0 Å². The number of hydrogen-bond donors (Lipinski definition) is 1. The Hall–Kier alpha value is -2.93. The molecule has 7 heteroatoms. The van der Waals surface area contributed by atoms with Crippen molar-refractivity contribution < 1.29 is 28.5 Å². The van der Waals surface area contributed by atoms with Gasteiger partial charge >= 0.3 is 0 Å². The molecular weight excluding hydrogens is 350 g/mol. The summed E-state index contributed by atoms with van der Waals surface area (Å²) in [5.74, 6) is 1.53. The van der Waals surface area contributed by atoms with E-state index in [9.17, 15) is 4.79 Å². The predicted octanol–water partition coefficient (Wildman–Crippen LogP) is 2.84. The van der Waals surface area contributed by atoms with Gasteiger partial charge in [-0.1, -0.05) is 18.2 Å².